The first-order valence-electron chi connectivity index (χ1n) is 11.7. The lowest BCUT2D eigenvalue weighted by molar-refractivity contribution is 0.0730. The van der Waals surface area contributed by atoms with Crippen molar-refractivity contribution >= 4 is 27.7 Å². The molecule has 3 heterocycles. The minimum absolute atomic E-state index is 0.325. The maximum absolute atomic E-state index is 13.1. The maximum Gasteiger partial charge on any atom is 0.243 e. The Bertz CT molecular complexity index is 1200. The van der Waals surface area contributed by atoms with Crippen molar-refractivity contribution in [3.8, 4) is 5.69 Å². The summed E-state index contributed by atoms with van der Waals surface area (Å²) in [4.78, 5) is 2.63. The predicted molar refractivity (Wildman–Crippen MR) is 133 cm³/mol. The highest BCUT2D eigenvalue weighted by Gasteiger charge is 2.26. The van der Waals surface area contributed by atoms with Crippen LogP contribution in [0.3, 0.4) is 0 Å². The van der Waals surface area contributed by atoms with Crippen molar-refractivity contribution in [1.82, 2.24) is 19.1 Å². The van der Waals surface area contributed by atoms with E-state index < -0.39 is 10.0 Å². The first kappa shape index (κ1) is 23.3. The van der Waals surface area contributed by atoms with Crippen molar-refractivity contribution in [1.29, 1.82) is 0 Å². The summed E-state index contributed by atoms with van der Waals surface area (Å²) in [6.45, 7) is 3.61. The second-order valence-electron chi connectivity index (χ2n) is 8.45. The molecular weight excluding hydrogens is 470 g/mol. The summed E-state index contributed by atoms with van der Waals surface area (Å²) in [6.07, 6.45) is 3.57. The third-order valence-corrected chi connectivity index (χ3v) is 9.04. The molecule has 2 aliphatic heterocycles. The zero-order valence-electron chi connectivity index (χ0n) is 19.0. The molecule has 180 valence electrons. The molecule has 2 aromatic carbocycles. The van der Waals surface area contributed by atoms with Gasteiger partial charge in [-0.1, -0.05) is 42.1 Å². The average Bonchev–Trinajstić information content (AvgIpc) is 3.33. The van der Waals surface area contributed by atoms with E-state index in [1.807, 2.05) is 30.3 Å². The van der Waals surface area contributed by atoms with E-state index in [9.17, 15) is 8.42 Å². The Kier molecular flexibility index (Phi) is 7.19. The fraction of sp³-hybridized carbons (Fsp3) is 0.417. The van der Waals surface area contributed by atoms with Crippen LogP contribution >= 0.6 is 11.8 Å². The van der Waals surface area contributed by atoms with Crippen LogP contribution in [0.5, 0.6) is 0 Å². The van der Waals surface area contributed by atoms with Gasteiger partial charge in [0.1, 0.15) is 0 Å². The summed E-state index contributed by atoms with van der Waals surface area (Å²) in [5.41, 5.74) is 1.96. The van der Waals surface area contributed by atoms with E-state index in [2.05, 4.69) is 31.8 Å². The molecule has 34 heavy (non-hydrogen) atoms. The lowest BCUT2D eigenvalue weighted by Gasteiger charge is -2.27. The second-order valence-corrected chi connectivity index (χ2v) is 11.3. The number of piperidine rings is 1. The van der Waals surface area contributed by atoms with Gasteiger partial charge in [-0.3, -0.25) is 4.57 Å². The minimum Gasteiger partial charge on any atom is -0.379 e. The van der Waals surface area contributed by atoms with Crippen molar-refractivity contribution in [3.63, 3.8) is 0 Å². The summed E-state index contributed by atoms with van der Waals surface area (Å²) < 4.78 is 35.0. The molecule has 8 nitrogen and oxygen atoms in total. The molecule has 3 aromatic rings. The SMILES string of the molecule is O=S(=O)(c1cccc(CSc2nnc(N3CCCCC3)n2-c2ccccc2)c1)N1CCOCC1. The Labute approximate surface area is 205 Å². The summed E-state index contributed by atoms with van der Waals surface area (Å²) in [6, 6.07) is 17.4. The molecule has 0 unspecified atom stereocenters. The Morgan fingerprint density at radius 3 is 2.41 bits per heavy atom. The normalized spacial score (nSPS) is 17.7. The number of thioether (sulfide) groups is 1. The van der Waals surface area contributed by atoms with Crippen molar-refractivity contribution in [2.45, 2.75) is 35.1 Å². The third-order valence-electron chi connectivity index (χ3n) is 6.14. The van der Waals surface area contributed by atoms with Gasteiger partial charge in [0.15, 0.2) is 5.16 Å². The number of ether oxygens (including phenoxy) is 1. The van der Waals surface area contributed by atoms with Crippen molar-refractivity contribution in [3.05, 3.63) is 60.2 Å². The van der Waals surface area contributed by atoms with Crippen molar-refractivity contribution in [2.24, 2.45) is 0 Å². The van der Waals surface area contributed by atoms with Gasteiger partial charge in [-0.2, -0.15) is 4.31 Å². The largest absolute Gasteiger partial charge is 0.379 e. The van der Waals surface area contributed by atoms with Gasteiger partial charge in [-0.05, 0) is 49.1 Å². The molecule has 5 rings (SSSR count). The molecule has 0 bridgehead atoms. The standard InChI is InChI=1S/C24H29N5O3S2/c30-34(31,28-14-16-32-17-15-28)22-11-7-8-20(18-22)19-33-24-26-25-23(27-12-5-2-6-13-27)29(24)21-9-3-1-4-10-21/h1,3-4,7-11,18H,2,5-6,12-17,19H2. The predicted octanol–water partition coefficient (Wildman–Crippen LogP) is 3.57. The van der Waals surface area contributed by atoms with Crippen LogP contribution in [-0.4, -0.2) is 66.9 Å². The van der Waals surface area contributed by atoms with Crippen LogP contribution in [0, 0.1) is 0 Å². The fourth-order valence-electron chi connectivity index (χ4n) is 4.34. The van der Waals surface area contributed by atoms with E-state index in [0.29, 0.717) is 37.0 Å². The molecule has 0 radical (unpaired) electrons. The summed E-state index contributed by atoms with van der Waals surface area (Å²) >= 11 is 1.57. The first-order chi connectivity index (χ1) is 16.6. The number of hydrogen-bond donors (Lipinski definition) is 0. The maximum atomic E-state index is 13.1. The average molecular weight is 500 g/mol. The number of hydrogen-bond acceptors (Lipinski definition) is 7. The zero-order chi connectivity index (χ0) is 23.4. The molecule has 0 spiro atoms. The number of sulfonamides is 1. The van der Waals surface area contributed by atoms with Crippen molar-refractivity contribution in [2.75, 3.05) is 44.3 Å². The molecule has 1 aromatic heterocycles. The van der Waals surface area contributed by atoms with E-state index >= 15 is 0 Å². The molecule has 0 saturated carbocycles. The molecule has 0 amide bonds. The third kappa shape index (κ3) is 5.00. The summed E-state index contributed by atoms with van der Waals surface area (Å²) in [5, 5.41) is 9.87. The van der Waals surface area contributed by atoms with Crippen molar-refractivity contribution < 1.29 is 13.2 Å². The van der Waals surface area contributed by atoms with Crippen LogP contribution in [0.25, 0.3) is 5.69 Å². The number of morpholine rings is 1. The molecule has 2 saturated heterocycles. The minimum atomic E-state index is -3.52. The van der Waals surface area contributed by atoms with Gasteiger partial charge in [0.25, 0.3) is 0 Å². The fourth-order valence-corrected chi connectivity index (χ4v) is 6.71. The molecule has 0 atom stereocenters. The summed E-state index contributed by atoms with van der Waals surface area (Å²) in [5.74, 6) is 1.47. The molecule has 2 fully saturated rings. The van der Waals surface area contributed by atoms with Gasteiger partial charge in [-0.25, -0.2) is 8.42 Å². The molecule has 10 heteroatoms. The Hall–Kier alpha value is -2.40. The van der Waals surface area contributed by atoms with Crippen LogP contribution in [0.4, 0.5) is 5.95 Å². The number of rotatable bonds is 7. The van der Waals surface area contributed by atoms with E-state index in [0.717, 1.165) is 48.3 Å². The van der Waals surface area contributed by atoms with Crippen LogP contribution in [0.1, 0.15) is 24.8 Å². The quantitative estimate of drug-likeness (QED) is 0.460. The van der Waals surface area contributed by atoms with E-state index in [1.54, 1.807) is 23.9 Å². The number of anilines is 1. The van der Waals surface area contributed by atoms with Crippen LogP contribution < -0.4 is 4.90 Å². The van der Waals surface area contributed by atoms with Gasteiger partial charge in [0.2, 0.25) is 16.0 Å². The molecule has 2 aliphatic rings. The van der Waals surface area contributed by atoms with Gasteiger partial charge in [0, 0.05) is 31.9 Å². The molecule has 0 N–H and O–H groups in total. The Balaban J connectivity index is 1.38. The number of aromatic nitrogens is 3. The number of benzene rings is 2. The van der Waals surface area contributed by atoms with Crippen LogP contribution in [-0.2, 0) is 20.5 Å². The smallest absolute Gasteiger partial charge is 0.243 e. The highest BCUT2D eigenvalue weighted by Crippen LogP contribution is 2.30. The van der Waals surface area contributed by atoms with Gasteiger partial charge < -0.3 is 9.64 Å². The second kappa shape index (κ2) is 10.5. The highest BCUT2D eigenvalue weighted by atomic mass is 32.2. The summed E-state index contributed by atoms with van der Waals surface area (Å²) in [7, 11) is -3.52. The van der Waals surface area contributed by atoms with Gasteiger partial charge >= 0.3 is 0 Å². The lowest BCUT2D eigenvalue weighted by atomic mass is 10.1. The van der Waals surface area contributed by atoms with E-state index in [4.69, 9.17) is 4.74 Å². The van der Waals surface area contributed by atoms with Crippen LogP contribution in [0.2, 0.25) is 0 Å². The lowest BCUT2D eigenvalue weighted by Crippen LogP contribution is -2.40. The topological polar surface area (TPSA) is 80.6 Å². The number of nitrogens with zero attached hydrogens (tertiary/aromatic N) is 5. The van der Waals surface area contributed by atoms with E-state index in [1.165, 1.54) is 10.7 Å². The van der Waals surface area contributed by atoms with Crippen LogP contribution in [0.15, 0.2) is 64.6 Å². The van der Waals surface area contributed by atoms with Gasteiger partial charge in [-0.15, -0.1) is 10.2 Å². The van der Waals surface area contributed by atoms with E-state index in [-0.39, 0.29) is 0 Å². The number of para-hydroxylation sites is 1. The first-order valence-corrected chi connectivity index (χ1v) is 14.1. The van der Waals surface area contributed by atoms with Gasteiger partial charge in [0.05, 0.1) is 23.8 Å². The Morgan fingerprint density at radius 2 is 1.65 bits per heavy atom. The Morgan fingerprint density at radius 1 is 0.882 bits per heavy atom. The zero-order valence-corrected chi connectivity index (χ0v) is 20.7. The molecule has 0 aliphatic carbocycles. The highest BCUT2D eigenvalue weighted by molar-refractivity contribution is 7.98. The molecular formula is C24H29N5O3S2. The monoisotopic (exact) mass is 499 g/mol.